The molecule has 0 aliphatic rings. The summed E-state index contributed by atoms with van der Waals surface area (Å²) < 4.78 is 0. The van der Waals surface area contributed by atoms with E-state index in [9.17, 15) is 0 Å². The van der Waals surface area contributed by atoms with E-state index in [1.165, 1.54) is 32.6 Å². The van der Waals surface area contributed by atoms with Gasteiger partial charge in [-0.2, -0.15) is 0 Å². The number of nitrogens with zero attached hydrogens (tertiary/aromatic N) is 1. The van der Waals surface area contributed by atoms with E-state index in [1.54, 1.807) is 0 Å². The van der Waals surface area contributed by atoms with Crippen molar-refractivity contribution in [2.24, 2.45) is 0 Å². The lowest BCUT2D eigenvalue weighted by atomic mass is 9.99. The third kappa shape index (κ3) is 5.00. The van der Waals surface area contributed by atoms with Crippen LogP contribution in [0.15, 0.2) is 91.1 Å². The minimum Gasteiger partial charge on any atom is -0.256 e. The van der Waals surface area contributed by atoms with Crippen LogP contribution in [0.25, 0.3) is 33.5 Å². The Hall–Kier alpha value is -2.76. The molecule has 0 fully saturated rings. The third-order valence-corrected chi connectivity index (χ3v) is 10.2. The largest absolute Gasteiger partial charge is 0.256 e. The number of pyridine rings is 1. The van der Waals surface area contributed by atoms with Crippen molar-refractivity contribution < 1.29 is 0 Å². The predicted octanol–water partition coefficient (Wildman–Crippen LogP) is 7.17. The minimum atomic E-state index is -1.28. The summed E-state index contributed by atoms with van der Waals surface area (Å²) >= 11 is 0. The highest BCUT2D eigenvalue weighted by Gasteiger charge is 2.17. The van der Waals surface area contributed by atoms with Gasteiger partial charge in [0.05, 0.1) is 21.8 Å². The Balaban J connectivity index is 1.64. The fourth-order valence-corrected chi connectivity index (χ4v) is 6.28. The van der Waals surface area contributed by atoms with Crippen molar-refractivity contribution in [1.29, 1.82) is 0 Å². The fraction of sp³-hybridized carbons (Fsp3) is 0.207. The molecule has 0 atom stereocenters. The van der Waals surface area contributed by atoms with Crippen LogP contribution in [-0.4, -0.2) is 21.1 Å². The molecule has 0 unspecified atom stereocenters. The van der Waals surface area contributed by atoms with Crippen molar-refractivity contribution in [3.63, 3.8) is 0 Å². The van der Waals surface area contributed by atoms with Crippen molar-refractivity contribution in [3.8, 4) is 33.5 Å². The topological polar surface area (TPSA) is 12.9 Å². The molecule has 1 heterocycles. The second kappa shape index (κ2) is 8.64. The van der Waals surface area contributed by atoms with Gasteiger partial charge >= 0.3 is 0 Å². The number of benzene rings is 3. The fourth-order valence-electron chi connectivity index (χ4n) is 3.95. The second-order valence-corrected chi connectivity index (χ2v) is 20.8. The van der Waals surface area contributed by atoms with Gasteiger partial charge in [-0.15, -0.1) is 0 Å². The maximum absolute atomic E-state index is 4.69. The maximum Gasteiger partial charge on any atom is 0.0775 e. The molecule has 0 saturated carbocycles. The van der Waals surface area contributed by atoms with Gasteiger partial charge in [-0.3, -0.25) is 4.98 Å². The monoisotopic (exact) mass is 451 g/mol. The first-order chi connectivity index (χ1) is 15.1. The molecule has 0 saturated heterocycles. The molecule has 3 aromatic carbocycles. The van der Waals surface area contributed by atoms with E-state index in [-0.39, 0.29) is 0 Å². The van der Waals surface area contributed by atoms with E-state index in [0.29, 0.717) is 0 Å². The molecule has 32 heavy (non-hydrogen) atoms. The molecule has 3 heteroatoms. The molecule has 0 aliphatic heterocycles. The predicted molar refractivity (Wildman–Crippen MR) is 147 cm³/mol. The Bertz CT molecular complexity index is 1110. The molecule has 1 nitrogen and oxygen atoms in total. The Morgan fingerprint density at radius 2 is 0.938 bits per heavy atom. The van der Waals surface area contributed by atoms with Crippen molar-refractivity contribution in [2.45, 2.75) is 39.3 Å². The Morgan fingerprint density at radius 3 is 1.44 bits per heavy atom. The van der Waals surface area contributed by atoms with Crippen LogP contribution < -0.4 is 10.4 Å². The zero-order valence-electron chi connectivity index (χ0n) is 20.1. The molecule has 0 aliphatic carbocycles. The van der Waals surface area contributed by atoms with Gasteiger partial charge in [-0.1, -0.05) is 116 Å². The van der Waals surface area contributed by atoms with Gasteiger partial charge in [0, 0.05) is 11.8 Å². The van der Waals surface area contributed by atoms with Crippen molar-refractivity contribution in [1.82, 2.24) is 4.98 Å². The Kier molecular flexibility index (Phi) is 6.06. The minimum absolute atomic E-state index is 1.01. The molecule has 0 N–H and O–H groups in total. The van der Waals surface area contributed by atoms with Crippen LogP contribution in [0.3, 0.4) is 0 Å². The Labute approximate surface area is 195 Å². The van der Waals surface area contributed by atoms with Gasteiger partial charge in [0.1, 0.15) is 0 Å². The summed E-state index contributed by atoms with van der Waals surface area (Å²) in [5.41, 5.74) is 7.11. The number of rotatable bonds is 5. The molecule has 162 valence electrons. The van der Waals surface area contributed by atoms with Crippen LogP contribution in [0.4, 0.5) is 0 Å². The average molecular weight is 452 g/mol. The SMILES string of the molecule is C[Si](C)(C)c1ccc(-c2cccc(-c3cc(-c4ccc([Si](C)(C)C)cc4)ccn3)c2)cc1. The van der Waals surface area contributed by atoms with Gasteiger partial charge in [0.25, 0.3) is 0 Å². The highest BCUT2D eigenvalue weighted by molar-refractivity contribution is 6.89. The zero-order valence-corrected chi connectivity index (χ0v) is 22.1. The summed E-state index contributed by atoms with van der Waals surface area (Å²) in [7, 11) is -2.57. The summed E-state index contributed by atoms with van der Waals surface area (Å²) in [4.78, 5) is 4.69. The van der Waals surface area contributed by atoms with Crippen LogP contribution in [-0.2, 0) is 0 Å². The van der Waals surface area contributed by atoms with E-state index < -0.39 is 16.1 Å². The van der Waals surface area contributed by atoms with Crippen molar-refractivity contribution >= 4 is 26.5 Å². The molecule has 0 radical (unpaired) electrons. The molecule has 0 spiro atoms. The molecule has 4 rings (SSSR count). The number of hydrogen-bond acceptors (Lipinski definition) is 1. The normalized spacial score (nSPS) is 12.1. The molecular weight excluding hydrogens is 418 g/mol. The lowest BCUT2D eigenvalue weighted by molar-refractivity contribution is 1.33. The van der Waals surface area contributed by atoms with E-state index in [2.05, 4.69) is 129 Å². The van der Waals surface area contributed by atoms with Crippen LogP contribution in [0.2, 0.25) is 39.3 Å². The molecular formula is C29H33NSi2. The summed E-state index contributed by atoms with van der Waals surface area (Å²) in [6.07, 6.45) is 1.92. The van der Waals surface area contributed by atoms with Crippen LogP contribution in [0.5, 0.6) is 0 Å². The lowest BCUT2D eigenvalue weighted by Gasteiger charge is -2.17. The van der Waals surface area contributed by atoms with Crippen LogP contribution in [0, 0.1) is 0 Å². The highest BCUT2D eigenvalue weighted by Crippen LogP contribution is 2.28. The lowest BCUT2D eigenvalue weighted by Crippen LogP contribution is -2.37. The van der Waals surface area contributed by atoms with E-state index in [1.807, 2.05) is 6.20 Å². The van der Waals surface area contributed by atoms with Gasteiger partial charge < -0.3 is 0 Å². The molecule has 1 aromatic heterocycles. The first kappa shape index (κ1) is 22.4. The number of hydrogen-bond donors (Lipinski definition) is 0. The first-order valence-corrected chi connectivity index (χ1v) is 18.4. The summed E-state index contributed by atoms with van der Waals surface area (Å²) in [6.45, 7) is 14.3. The average Bonchev–Trinajstić information content (AvgIpc) is 2.78. The first-order valence-electron chi connectivity index (χ1n) is 11.4. The van der Waals surface area contributed by atoms with E-state index in [0.717, 1.165) is 11.3 Å². The quantitative estimate of drug-likeness (QED) is 0.293. The summed E-state index contributed by atoms with van der Waals surface area (Å²) in [6, 6.07) is 31.3. The van der Waals surface area contributed by atoms with Gasteiger partial charge in [0.15, 0.2) is 0 Å². The van der Waals surface area contributed by atoms with Gasteiger partial charge in [-0.05, 0) is 40.5 Å². The smallest absolute Gasteiger partial charge is 0.0775 e. The second-order valence-electron chi connectivity index (χ2n) is 10.7. The summed E-state index contributed by atoms with van der Waals surface area (Å²) in [5.74, 6) is 0. The van der Waals surface area contributed by atoms with Crippen molar-refractivity contribution in [3.05, 3.63) is 91.1 Å². The van der Waals surface area contributed by atoms with E-state index in [4.69, 9.17) is 0 Å². The summed E-state index contributed by atoms with van der Waals surface area (Å²) in [5, 5.41) is 2.98. The molecule has 0 bridgehead atoms. The number of aromatic nitrogens is 1. The van der Waals surface area contributed by atoms with Gasteiger partial charge in [0.2, 0.25) is 0 Å². The standard InChI is InChI=1S/C29H33NSi2/c1-31(2,3)27-14-10-22(11-15-27)24-8-7-9-26(20-24)29-21-25(18-19-30-29)23-12-16-28(17-13-23)32(4,5)6/h7-21H,1-6H3. The van der Waals surface area contributed by atoms with Crippen LogP contribution >= 0.6 is 0 Å². The highest BCUT2D eigenvalue weighted by atomic mass is 28.3. The molecule has 4 aromatic rings. The third-order valence-electron chi connectivity index (χ3n) is 6.09. The zero-order chi connectivity index (χ0) is 22.9. The maximum atomic E-state index is 4.69. The molecule has 0 amide bonds. The van der Waals surface area contributed by atoms with E-state index >= 15 is 0 Å². The Morgan fingerprint density at radius 1 is 0.469 bits per heavy atom. The van der Waals surface area contributed by atoms with Crippen molar-refractivity contribution in [2.75, 3.05) is 0 Å². The van der Waals surface area contributed by atoms with Gasteiger partial charge in [-0.25, -0.2) is 0 Å². The van der Waals surface area contributed by atoms with Crippen LogP contribution in [0.1, 0.15) is 0 Å².